The van der Waals surface area contributed by atoms with Crippen molar-refractivity contribution in [1.29, 1.82) is 0 Å². The molecule has 1 fully saturated rings. The molecule has 180 valence electrons. The number of anilines is 2. The number of nitrogens with zero attached hydrogens (tertiary/aromatic N) is 6. The van der Waals surface area contributed by atoms with E-state index >= 15 is 0 Å². The highest BCUT2D eigenvalue weighted by molar-refractivity contribution is 5.92. The van der Waals surface area contributed by atoms with Crippen molar-refractivity contribution in [2.75, 3.05) is 43.7 Å². The molecule has 5 rings (SSSR count). The molecular formula is C26H28N6O3. The van der Waals surface area contributed by atoms with Gasteiger partial charge in [0.2, 0.25) is 5.95 Å². The van der Waals surface area contributed by atoms with Crippen LogP contribution in [0.15, 0.2) is 61.2 Å². The minimum absolute atomic E-state index is 0.188. The molecule has 4 aromatic rings. The maximum absolute atomic E-state index is 5.82. The van der Waals surface area contributed by atoms with Crippen LogP contribution in [0.25, 0.3) is 10.9 Å². The first-order chi connectivity index (χ1) is 17.2. The van der Waals surface area contributed by atoms with Gasteiger partial charge in [-0.25, -0.2) is 19.9 Å². The molecular weight excluding hydrogens is 444 g/mol. The highest BCUT2D eigenvalue weighted by atomic mass is 16.5. The van der Waals surface area contributed by atoms with Gasteiger partial charge in [0.1, 0.15) is 18.8 Å². The van der Waals surface area contributed by atoms with E-state index in [2.05, 4.69) is 36.7 Å². The topological polar surface area (TPSA) is 85.7 Å². The van der Waals surface area contributed by atoms with E-state index in [0.717, 1.165) is 41.9 Å². The second kappa shape index (κ2) is 10.0. The molecule has 0 spiro atoms. The molecule has 0 amide bonds. The molecule has 1 aliphatic rings. The van der Waals surface area contributed by atoms with Crippen LogP contribution >= 0.6 is 0 Å². The third kappa shape index (κ3) is 4.75. The molecule has 0 aliphatic carbocycles. The zero-order chi connectivity index (χ0) is 24.2. The minimum Gasteiger partial charge on any atom is -0.493 e. The summed E-state index contributed by atoms with van der Waals surface area (Å²) in [6.07, 6.45) is 5.07. The van der Waals surface area contributed by atoms with Crippen LogP contribution in [-0.2, 0) is 6.61 Å². The van der Waals surface area contributed by atoms with Gasteiger partial charge in [0, 0.05) is 37.1 Å². The van der Waals surface area contributed by atoms with Crippen molar-refractivity contribution in [3.63, 3.8) is 0 Å². The van der Waals surface area contributed by atoms with Gasteiger partial charge in [-0.05, 0) is 18.6 Å². The Labute approximate surface area is 204 Å². The van der Waals surface area contributed by atoms with Gasteiger partial charge in [-0.3, -0.25) is 0 Å². The number of rotatable bonds is 7. The molecule has 0 bridgehead atoms. The summed E-state index contributed by atoms with van der Waals surface area (Å²) in [4.78, 5) is 22.6. The fourth-order valence-electron chi connectivity index (χ4n) is 4.34. The van der Waals surface area contributed by atoms with E-state index < -0.39 is 0 Å². The Morgan fingerprint density at radius 2 is 1.66 bits per heavy atom. The Bertz CT molecular complexity index is 1290. The molecule has 0 saturated carbocycles. The highest BCUT2D eigenvalue weighted by Gasteiger charge is 2.28. The summed E-state index contributed by atoms with van der Waals surface area (Å²) in [5.41, 5.74) is 1.92. The highest BCUT2D eigenvalue weighted by Crippen LogP contribution is 2.35. The SMILES string of the molecule is COc1cc2ncnc(N3CCN(c4ncc(OCc5ccccc5)cn4)CC3C)c2cc1OC. The molecule has 0 N–H and O–H groups in total. The van der Waals surface area contributed by atoms with Crippen molar-refractivity contribution < 1.29 is 14.2 Å². The summed E-state index contributed by atoms with van der Waals surface area (Å²) in [6, 6.07) is 14.1. The maximum atomic E-state index is 5.82. The Kier molecular flexibility index (Phi) is 6.47. The summed E-state index contributed by atoms with van der Waals surface area (Å²) in [7, 11) is 3.25. The molecule has 1 saturated heterocycles. The molecule has 1 aliphatic heterocycles. The third-order valence-electron chi connectivity index (χ3n) is 6.16. The van der Waals surface area contributed by atoms with Gasteiger partial charge in [-0.15, -0.1) is 0 Å². The van der Waals surface area contributed by atoms with Crippen LogP contribution < -0.4 is 24.0 Å². The molecule has 1 atom stereocenters. The van der Waals surface area contributed by atoms with E-state index in [4.69, 9.17) is 14.2 Å². The summed E-state index contributed by atoms with van der Waals surface area (Å²) in [5, 5.41) is 0.932. The zero-order valence-electron chi connectivity index (χ0n) is 20.1. The molecule has 2 aromatic heterocycles. The standard InChI is InChI=1S/C26H28N6O3/c1-18-15-31(26-27-13-20(14-28-26)35-16-19-7-5-4-6-8-19)9-10-32(18)25-21-11-23(33-2)24(34-3)12-22(21)29-17-30-25/h4-8,11-14,17-18H,9-10,15-16H2,1-3H3. The van der Waals surface area contributed by atoms with Gasteiger partial charge < -0.3 is 24.0 Å². The molecule has 1 unspecified atom stereocenters. The predicted molar refractivity (Wildman–Crippen MR) is 134 cm³/mol. The number of benzene rings is 2. The second-order valence-corrected chi connectivity index (χ2v) is 8.40. The Morgan fingerprint density at radius 3 is 2.37 bits per heavy atom. The second-order valence-electron chi connectivity index (χ2n) is 8.40. The van der Waals surface area contributed by atoms with Crippen LogP contribution in [0.5, 0.6) is 17.2 Å². The monoisotopic (exact) mass is 472 g/mol. The van der Waals surface area contributed by atoms with Gasteiger partial charge in [-0.2, -0.15) is 0 Å². The quantitative estimate of drug-likeness (QED) is 0.399. The van der Waals surface area contributed by atoms with Gasteiger partial charge in [0.15, 0.2) is 17.2 Å². The molecule has 35 heavy (non-hydrogen) atoms. The predicted octanol–water partition coefficient (Wildman–Crippen LogP) is 3.73. The van der Waals surface area contributed by atoms with E-state index in [0.29, 0.717) is 29.8 Å². The lowest BCUT2D eigenvalue weighted by Crippen LogP contribution is -2.53. The number of hydrogen-bond acceptors (Lipinski definition) is 9. The van der Waals surface area contributed by atoms with Crippen molar-refractivity contribution in [2.24, 2.45) is 0 Å². The first-order valence-electron chi connectivity index (χ1n) is 11.5. The van der Waals surface area contributed by atoms with E-state index in [1.165, 1.54) is 0 Å². The van der Waals surface area contributed by atoms with E-state index in [-0.39, 0.29) is 6.04 Å². The number of piperazine rings is 1. The van der Waals surface area contributed by atoms with Gasteiger partial charge in [-0.1, -0.05) is 30.3 Å². The lowest BCUT2D eigenvalue weighted by Gasteiger charge is -2.40. The van der Waals surface area contributed by atoms with E-state index in [1.54, 1.807) is 32.9 Å². The normalized spacial score (nSPS) is 15.8. The Hall–Kier alpha value is -4.14. The van der Waals surface area contributed by atoms with Crippen molar-refractivity contribution >= 4 is 22.7 Å². The van der Waals surface area contributed by atoms with Crippen LogP contribution in [0.1, 0.15) is 12.5 Å². The van der Waals surface area contributed by atoms with Crippen LogP contribution in [0.4, 0.5) is 11.8 Å². The number of fused-ring (bicyclic) bond motifs is 1. The number of ether oxygens (including phenoxy) is 3. The smallest absolute Gasteiger partial charge is 0.225 e. The fraction of sp³-hybridized carbons (Fsp3) is 0.308. The summed E-state index contributed by atoms with van der Waals surface area (Å²) in [6.45, 7) is 4.98. The van der Waals surface area contributed by atoms with Gasteiger partial charge in [0.05, 0.1) is 32.1 Å². The number of methoxy groups -OCH3 is 2. The molecule has 9 nitrogen and oxygen atoms in total. The molecule has 9 heteroatoms. The lowest BCUT2D eigenvalue weighted by molar-refractivity contribution is 0.303. The van der Waals surface area contributed by atoms with Gasteiger partial charge >= 0.3 is 0 Å². The first-order valence-corrected chi connectivity index (χ1v) is 11.5. The van der Waals surface area contributed by atoms with Crippen molar-refractivity contribution in [1.82, 2.24) is 19.9 Å². The van der Waals surface area contributed by atoms with Crippen molar-refractivity contribution in [3.8, 4) is 17.2 Å². The maximum Gasteiger partial charge on any atom is 0.225 e. The largest absolute Gasteiger partial charge is 0.493 e. The van der Waals surface area contributed by atoms with Crippen LogP contribution in [0, 0.1) is 0 Å². The van der Waals surface area contributed by atoms with Crippen LogP contribution in [0.3, 0.4) is 0 Å². The minimum atomic E-state index is 0.188. The van der Waals surface area contributed by atoms with Crippen molar-refractivity contribution in [3.05, 3.63) is 66.7 Å². The number of aromatic nitrogens is 4. The molecule has 0 radical (unpaired) electrons. The zero-order valence-corrected chi connectivity index (χ0v) is 20.1. The Morgan fingerprint density at radius 1 is 0.914 bits per heavy atom. The van der Waals surface area contributed by atoms with Crippen LogP contribution in [-0.4, -0.2) is 59.8 Å². The lowest BCUT2D eigenvalue weighted by atomic mass is 10.1. The van der Waals surface area contributed by atoms with E-state index in [9.17, 15) is 0 Å². The van der Waals surface area contributed by atoms with E-state index in [1.807, 2.05) is 42.5 Å². The summed E-state index contributed by atoms with van der Waals surface area (Å²) < 4.78 is 16.8. The summed E-state index contributed by atoms with van der Waals surface area (Å²) >= 11 is 0. The first kappa shape index (κ1) is 22.6. The average Bonchev–Trinajstić information content (AvgIpc) is 2.91. The number of hydrogen-bond donors (Lipinski definition) is 0. The van der Waals surface area contributed by atoms with Crippen molar-refractivity contribution in [2.45, 2.75) is 19.6 Å². The summed E-state index contributed by atoms with van der Waals surface area (Å²) in [5.74, 6) is 3.54. The fourth-order valence-corrected chi connectivity index (χ4v) is 4.34. The average molecular weight is 473 g/mol. The third-order valence-corrected chi connectivity index (χ3v) is 6.16. The Balaban J connectivity index is 1.28. The van der Waals surface area contributed by atoms with Crippen LogP contribution in [0.2, 0.25) is 0 Å². The molecule has 2 aromatic carbocycles. The van der Waals surface area contributed by atoms with Gasteiger partial charge in [0.25, 0.3) is 0 Å². The molecule has 3 heterocycles.